The molecular formula is C9H12O. The number of allylic oxidation sites excluding steroid dienone is 2. The monoisotopic (exact) mass is 136 g/mol. The van der Waals surface area contributed by atoms with Crippen molar-refractivity contribution in [3.05, 3.63) is 11.1 Å². The number of hydrogen-bond donors (Lipinski definition) is 0. The molecular weight excluding hydrogens is 124 g/mol. The molecule has 0 aromatic heterocycles. The van der Waals surface area contributed by atoms with Crippen LogP contribution in [0.4, 0.5) is 0 Å². The molecule has 2 aliphatic carbocycles. The van der Waals surface area contributed by atoms with Gasteiger partial charge in [0.25, 0.3) is 0 Å². The number of carbonyl (C=O) groups is 1. The molecule has 0 aromatic carbocycles. The van der Waals surface area contributed by atoms with Crippen LogP contribution in [0.5, 0.6) is 0 Å². The molecule has 0 spiro atoms. The van der Waals surface area contributed by atoms with Gasteiger partial charge in [-0.15, -0.1) is 0 Å². The number of ketones is 1. The summed E-state index contributed by atoms with van der Waals surface area (Å²) in [5.41, 5.74) is 2.65. The highest BCUT2D eigenvalue weighted by Crippen LogP contribution is 2.44. The van der Waals surface area contributed by atoms with Crippen LogP contribution in [0.25, 0.3) is 0 Å². The third-order valence-electron chi connectivity index (χ3n) is 2.25. The third kappa shape index (κ3) is 1.00. The molecule has 0 atom stereocenters. The van der Waals surface area contributed by atoms with Gasteiger partial charge in [0, 0.05) is 0 Å². The van der Waals surface area contributed by atoms with Crippen molar-refractivity contribution < 1.29 is 4.79 Å². The Balaban J connectivity index is 2.21. The Kier molecular flexibility index (Phi) is 1.19. The molecule has 1 heteroatoms. The van der Waals surface area contributed by atoms with Crippen LogP contribution in [0.3, 0.4) is 0 Å². The fourth-order valence-electron chi connectivity index (χ4n) is 1.53. The SMILES string of the molecule is CC(=O)C(=C1CC1)C1CC1. The van der Waals surface area contributed by atoms with Crippen molar-refractivity contribution in [3.63, 3.8) is 0 Å². The largest absolute Gasteiger partial charge is 0.295 e. The van der Waals surface area contributed by atoms with Gasteiger partial charge in [-0.3, -0.25) is 4.79 Å². The molecule has 0 bridgehead atoms. The van der Waals surface area contributed by atoms with Crippen LogP contribution < -0.4 is 0 Å². The molecule has 2 aliphatic rings. The third-order valence-corrected chi connectivity index (χ3v) is 2.25. The van der Waals surface area contributed by atoms with Crippen molar-refractivity contribution in [2.24, 2.45) is 5.92 Å². The highest BCUT2D eigenvalue weighted by molar-refractivity contribution is 5.95. The Bertz CT molecular complexity index is 203. The first-order chi connectivity index (χ1) is 4.79. The van der Waals surface area contributed by atoms with Crippen LogP contribution in [-0.4, -0.2) is 5.78 Å². The van der Waals surface area contributed by atoms with Crippen LogP contribution >= 0.6 is 0 Å². The van der Waals surface area contributed by atoms with Crippen molar-refractivity contribution in [2.75, 3.05) is 0 Å². The van der Waals surface area contributed by atoms with Crippen molar-refractivity contribution in [1.29, 1.82) is 0 Å². The van der Waals surface area contributed by atoms with Gasteiger partial charge in [-0.1, -0.05) is 5.57 Å². The lowest BCUT2D eigenvalue weighted by atomic mass is 10.1. The van der Waals surface area contributed by atoms with Crippen molar-refractivity contribution >= 4 is 5.78 Å². The molecule has 54 valence electrons. The molecule has 2 saturated carbocycles. The lowest BCUT2D eigenvalue weighted by Gasteiger charge is -1.96. The first kappa shape index (κ1) is 6.14. The van der Waals surface area contributed by atoms with Crippen LogP contribution in [0.2, 0.25) is 0 Å². The van der Waals surface area contributed by atoms with Gasteiger partial charge >= 0.3 is 0 Å². The molecule has 0 N–H and O–H groups in total. The lowest BCUT2D eigenvalue weighted by molar-refractivity contribution is -0.113. The van der Waals surface area contributed by atoms with Gasteiger partial charge < -0.3 is 0 Å². The maximum Gasteiger partial charge on any atom is 0.156 e. The van der Waals surface area contributed by atoms with Crippen molar-refractivity contribution in [2.45, 2.75) is 32.6 Å². The quantitative estimate of drug-likeness (QED) is 0.531. The second kappa shape index (κ2) is 1.94. The van der Waals surface area contributed by atoms with E-state index in [1.807, 2.05) is 0 Å². The standard InChI is InChI=1S/C9H12O/c1-6(10)9(7-2-3-7)8-4-5-8/h7H,2-5H2,1H3. The summed E-state index contributed by atoms with van der Waals surface area (Å²) in [5.74, 6) is 1.00. The van der Waals surface area contributed by atoms with Crippen LogP contribution in [0, 0.1) is 5.92 Å². The first-order valence-corrected chi connectivity index (χ1v) is 4.02. The summed E-state index contributed by atoms with van der Waals surface area (Å²) in [6.07, 6.45) is 4.92. The zero-order valence-electron chi connectivity index (χ0n) is 6.31. The van der Waals surface area contributed by atoms with Crippen LogP contribution in [-0.2, 0) is 4.79 Å². The van der Waals surface area contributed by atoms with Gasteiger partial charge in [-0.25, -0.2) is 0 Å². The van der Waals surface area contributed by atoms with E-state index < -0.39 is 0 Å². The van der Waals surface area contributed by atoms with E-state index in [1.165, 1.54) is 36.8 Å². The number of rotatable bonds is 2. The molecule has 1 nitrogen and oxygen atoms in total. The van der Waals surface area contributed by atoms with E-state index in [0.29, 0.717) is 11.7 Å². The summed E-state index contributed by atoms with van der Waals surface area (Å²) in [7, 11) is 0. The Morgan fingerprint density at radius 1 is 1.40 bits per heavy atom. The Labute approximate surface area is 61.1 Å². The minimum absolute atomic E-state index is 0.329. The zero-order chi connectivity index (χ0) is 7.14. The molecule has 0 amide bonds. The summed E-state index contributed by atoms with van der Waals surface area (Å²) in [6.45, 7) is 1.71. The minimum Gasteiger partial charge on any atom is -0.295 e. The van der Waals surface area contributed by atoms with Crippen molar-refractivity contribution in [3.8, 4) is 0 Å². The second-order valence-corrected chi connectivity index (χ2v) is 3.35. The average Bonchev–Trinajstić information content (AvgIpc) is 2.49. The summed E-state index contributed by atoms with van der Waals surface area (Å²) in [5, 5.41) is 0. The Morgan fingerprint density at radius 2 is 2.00 bits per heavy atom. The van der Waals surface area contributed by atoms with Crippen molar-refractivity contribution in [1.82, 2.24) is 0 Å². The maximum absolute atomic E-state index is 11.0. The predicted molar refractivity (Wildman–Crippen MR) is 39.7 cm³/mol. The average molecular weight is 136 g/mol. The topological polar surface area (TPSA) is 17.1 Å². The van der Waals surface area contributed by atoms with Gasteiger partial charge in [-0.05, 0) is 44.1 Å². The van der Waals surface area contributed by atoms with E-state index in [-0.39, 0.29) is 0 Å². The van der Waals surface area contributed by atoms with Gasteiger partial charge in [0.1, 0.15) is 0 Å². The molecule has 0 radical (unpaired) electrons. The lowest BCUT2D eigenvalue weighted by Crippen LogP contribution is -1.98. The Hall–Kier alpha value is -0.590. The highest BCUT2D eigenvalue weighted by Gasteiger charge is 2.33. The van der Waals surface area contributed by atoms with Crippen LogP contribution in [0.15, 0.2) is 11.1 Å². The smallest absolute Gasteiger partial charge is 0.156 e. The fraction of sp³-hybridized carbons (Fsp3) is 0.667. The summed E-state index contributed by atoms with van der Waals surface area (Å²) >= 11 is 0. The number of carbonyl (C=O) groups excluding carboxylic acids is 1. The molecule has 0 saturated heterocycles. The highest BCUT2D eigenvalue weighted by atomic mass is 16.1. The molecule has 10 heavy (non-hydrogen) atoms. The van der Waals surface area contributed by atoms with Gasteiger partial charge in [-0.2, -0.15) is 0 Å². The Morgan fingerprint density at radius 3 is 2.30 bits per heavy atom. The van der Waals surface area contributed by atoms with E-state index in [9.17, 15) is 4.79 Å². The van der Waals surface area contributed by atoms with Crippen LogP contribution in [0.1, 0.15) is 32.6 Å². The minimum atomic E-state index is 0.329. The van der Waals surface area contributed by atoms with Gasteiger partial charge in [0.2, 0.25) is 0 Å². The molecule has 0 aliphatic heterocycles. The molecule has 2 fully saturated rings. The maximum atomic E-state index is 11.0. The van der Waals surface area contributed by atoms with E-state index in [1.54, 1.807) is 6.92 Å². The first-order valence-electron chi connectivity index (χ1n) is 4.02. The number of hydrogen-bond acceptors (Lipinski definition) is 1. The summed E-state index contributed by atoms with van der Waals surface area (Å²) in [6, 6.07) is 0. The predicted octanol–water partition coefficient (Wildman–Crippen LogP) is 2.08. The molecule has 0 aromatic rings. The van der Waals surface area contributed by atoms with E-state index in [2.05, 4.69) is 0 Å². The van der Waals surface area contributed by atoms with E-state index in [0.717, 1.165) is 0 Å². The summed E-state index contributed by atoms with van der Waals surface area (Å²) in [4.78, 5) is 11.0. The second-order valence-electron chi connectivity index (χ2n) is 3.35. The zero-order valence-corrected chi connectivity index (χ0v) is 6.31. The normalized spacial score (nSPS) is 22.7. The molecule has 2 rings (SSSR count). The number of Topliss-reactive ketones (excluding diaryl/α,β-unsaturated/α-hetero) is 1. The van der Waals surface area contributed by atoms with E-state index >= 15 is 0 Å². The van der Waals surface area contributed by atoms with Gasteiger partial charge in [0.15, 0.2) is 5.78 Å². The summed E-state index contributed by atoms with van der Waals surface area (Å²) < 4.78 is 0. The van der Waals surface area contributed by atoms with Gasteiger partial charge in [0.05, 0.1) is 0 Å². The molecule has 0 heterocycles. The molecule has 0 unspecified atom stereocenters. The van der Waals surface area contributed by atoms with E-state index in [4.69, 9.17) is 0 Å². The fourth-order valence-corrected chi connectivity index (χ4v) is 1.53.